The molecule has 0 atom stereocenters. The van der Waals surface area contributed by atoms with Crippen molar-refractivity contribution in [1.29, 1.82) is 0 Å². The zero-order valence-corrected chi connectivity index (χ0v) is 12.6. The van der Waals surface area contributed by atoms with Crippen molar-refractivity contribution in [1.82, 2.24) is 0 Å². The van der Waals surface area contributed by atoms with Crippen molar-refractivity contribution in [3.63, 3.8) is 0 Å². The molecule has 20 heavy (non-hydrogen) atoms. The first kappa shape index (κ1) is 14.9. The van der Waals surface area contributed by atoms with Gasteiger partial charge in [0.1, 0.15) is 10.7 Å². The molecule has 2 aromatic carbocycles. The standard InChI is InChI=1S/C13H9BrF2O3S/c1-8-2-3-9(14)6-13(8)20(17,18)19-12-5-4-10(15)7-11(12)16/h2-7H,1H3. The van der Waals surface area contributed by atoms with Crippen LogP contribution in [0.4, 0.5) is 8.78 Å². The maximum absolute atomic E-state index is 13.4. The van der Waals surface area contributed by atoms with Crippen molar-refractivity contribution >= 4 is 26.0 Å². The van der Waals surface area contributed by atoms with E-state index in [1.54, 1.807) is 19.1 Å². The van der Waals surface area contributed by atoms with Crippen LogP contribution in [0.15, 0.2) is 45.8 Å². The van der Waals surface area contributed by atoms with Gasteiger partial charge in [0.2, 0.25) is 0 Å². The second-order valence-corrected chi connectivity index (χ2v) is 6.45. The zero-order valence-electron chi connectivity index (χ0n) is 10.2. The Morgan fingerprint density at radius 1 is 1.10 bits per heavy atom. The monoisotopic (exact) mass is 362 g/mol. The highest BCUT2D eigenvalue weighted by molar-refractivity contribution is 9.10. The van der Waals surface area contributed by atoms with Gasteiger partial charge in [-0.25, -0.2) is 8.78 Å². The van der Waals surface area contributed by atoms with Gasteiger partial charge in [0.15, 0.2) is 11.6 Å². The van der Waals surface area contributed by atoms with Crippen LogP contribution < -0.4 is 4.18 Å². The lowest BCUT2D eigenvalue weighted by atomic mass is 10.2. The summed E-state index contributed by atoms with van der Waals surface area (Å²) in [5.41, 5.74) is 0.454. The normalized spacial score (nSPS) is 11.4. The van der Waals surface area contributed by atoms with Crippen LogP contribution in [-0.4, -0.2) is 8.42 Å². The van der Waals surface area contributed by atoms with E-state index in [2.05, 4.69) is 15.9 Å². The molecule has 0 aliphatic rings. The number of hydrogen-bond acceptors (Lipinski definition) is 3. The minimum absolute atomic E-state index is 0.0874. The minimum Gasteiger partial charge on any atom is -0.376 e. The van der Waals surface area contributed by atoms with E-state index in [1.165, 1.54) is 6.07 Å². The Labute approximate surface area is 123 Å². The highest BCUT2D eigenvalue weighted by Crippen LogP contribution is 2.26. The Morgan fingerprint density at radius 3 is 2.45 bits per heavy atom. The predicted octanol–water partition coefficient (Wildman–Crippen LogP) is 3.80. The van der Waals surface area contributed by atoms with Crippen molar-refractivity contribution in [2.45, 2.75) is 11.8 Å². The Bertz CT molecular complexity index is 760. The SMILES string of the molecule is Cc1ccc(Br)cc1S(=O)(=O)Oc1ccc(F)cc1F. The van der Waals surface area contributed by atoms with Crippen LogP contribution in [-0.2, 0) is 10.1 Å². The summed E-state index contributed by atoms with van der Waals surface area (Å²) in [5.74, 6) is -2.45. The second-order valence-electron chi connectivity index (χ2n) is 4.02. The highest BCUT2D eigenvalue weighted by atomic mass is 79.9. The molecule has 0 aromatic heterocycles. The van der Waals surface area contributed by atoms with Gasteiger partial charge < -0.3 is 4.18 Å². The van der Waals surface area contributed by atoms with E-state index >= 15 is 0 Å². The fourth-order valence-electron chi connectivity index (χ4n) is 1.55. The first-order chi connectivity index (χ1) is 9.29. The molecule has 0 N–H and O–H groups in total. The molecule has 0 radical (unpaired) electrons. The van der Waals surface area contributed by atoms with Gasteiger partial charge in [0.05, 0.1) is 0 Å². The molecule has 0 saturated carbocycles. The van der Waals surface area contributed by atoms with Gasteiger partial charge >= 0.3 is 10.1 Å². The van der Waals surface area contributed by atoms with E-state index in [-0.39, 0.29) is 4.90 Å². The van der Waals surface area contributed by atoms with E-state index in [9.17, 15) is 17.2 Å². The van der Waals surface area contributed by atoms with Gasteiger partial charge in [-0.2, -0.15) is 8.42 Å². The minimum atomic E-state index is -4.19. The Hall–Kier alpha value is -1.47. The molecular weight excluding hydrogens is 354 g/mol. The number of benzene rings is 2. The molecule has 0 bridgehead atoms. The van der Waals surface area contributed by atoms with Crippen molar-refractivity contribution in [3.8, 4) is 5.75 Å². The summed E-state index contributed by atoms with van der Waals surface area (Å²) in [7, 11) is -4.19. The topological polar surface area (TPSA) is 43.4 Å². The Balaban J connectivity index is 2.43. The summed E-state index contributed by atoms with van der Waals surface area (Å²) in [6.45, 7) is 1.59. The molecule has 0 aliphatic carbocycles. The second kappa shape index (κ2) is 5.49. The zero-order chi connectivity index (χ0) is 14.9. The fraction of sp³-hybridized carbons (Fsp3) is 0.0769. The number of aryl methyl sites for hydroxylation is 1. The van der Waals surface area contributed by atoms with E-state index in [0.29, 0.717) is 16.1 Å². The molecule has 0 amide bonds. The van der Waals surface area contributed by atoms with Crippen LogP contribution in [0.3, 0.4) is 0 Å². The lowest BCUT2D eigenvalue weighted by Crippen LogP contribution is -2.12. The molecule has 7 heteroatoms. The molecule has 0 heterocycles. The molecule has 0 aliphatic heterocycles. The van der Waals surface area contributed by atoms with Gasteiger partial charge in [-0.3, -0.25) is 0 Å². The summed E-state index contributed by atoms with van der Waals surface area (Å²) >= 11 is 3.15. The summed E-state index contributed by atoms with van der Waals surface area (Å²) in [4.78, 5) is -0.0874. The van der Waals surface area contributed by atoms with Gasteiger partial charge in [-0.1, -0.05) is 22.0 Å². The van der Waals surface area contributed by atoms with Gasteiger partial charge in [-0.15, -0.1) is 0 Å². The highest BCUT2D eigenvalue weighted by Gasteiger charge is 2.21. The molecule has 2 rings (SSSR count). The van der Waals surface area contributed by atoms with E-state index < -0.39 is 27.5 Å². The quantitative estimate of drug-likeness (QED) is 0.779. The lowest BCUT2D eigenvalue weighted by molar-refractivity contribution is 0.457. The van der Waals surface area contributed by atoms with Crippen LogP contribution in [0.2, 0.25) is 0 Å². The third-order valence-electron chi connectivity index (χ3n) is 2.51. The van der Waals surface area contributed by atoms with Crippen LogP contribution in [0, 0.1) is 18.6 Å². The predicted molar refractivity (Wildman–Crippen MR) is 73.1 cm³/mol. The third kappa shape index (κ3) is 3.16. The van der Waals surface area contributed by atoms with Crippen molar-refractivity contribution in [3.05, 3.63) is 58.1 Å². The van der Waals surface area contributed by atoms with E-state index in [4.69, 9.17) is 4.18 Å². The van der Waals surface area contributed by atoms with Crippen molar-refractivity contribution < 1.29 is 21.4 Å². The molecule has 0 unspecified atom stereocenters. The fourth-order valence-corrected chi connectivity index (χ4v) is 3.26. The molecule has 0 fully saturated rings. The Morgan fingerprint density at radius 2 is 1.80 bits per heavy atom. The Kier molecular flexibility index (Phi) is 4.10. The van der Waals surface area contributed by atoms with E-state index in [0.717, 1.165) is 12.1 Å². The van der Waals surface area contributed by atoms with Crippen LogP contribution in [0.5, 0.6) is 5.75 Å². The summed E-state index contributed by atoms with van der Waals surface area (Å²) in [6, 6.07) is 7.01. The lowest BCUT2D eigenvalue weighted by Gasteiger charge is -2.10. The average Bonchev–Trinajstić information content (AvgIpc) is 2.35. The number of rotatable bonds is 3. The van der Waals surface area contributed by atoms with Crippen LogP contribution in [0.1, 0.15) is 5.56 Å². The largest absolute Gasteiger partial charge is 0.376 e. The molecule has 3 nitrogen and oxygen atoms in total. The first-order valence-electron chi connectivity index (χ1n) is 5.45. The van der Waals surface area contributed by atoms with Gasteiger partial charge in [0.25, 0.3) is 0 Å². The average molecular weight is 363 g/mol. The van der Waals surface area contributed by atoms with Crippen LogP contribution in [0.25, 0.3) is 0 Å². The maximum atomic E-state index is 13.4. The number of hydrogen-bond donors (Lipinski definition) is 0. The molecule has 0 spiro atoms. The molecule has 2 aromatic rings. The summed E-state index contributed by atoms with van der Waals surface area (Å²) in [6.07, 6.45) is 0. The molecule has 0 saturated heterocycles. The number of halogens is 3. The van der Waals surface area contributed by atoms with Crippen molar-refractivity contribution in [2.75, 3.05) is 0 Å². The van der Waals surface area contributed by atoms with Gasteiger partial charge in [0, 0.05) is 10.5 Å². The van der Waals surface area contributed by atoms with E-state index in [1.807, 2.05) is 0 Å². The summed E-state index contributed by atoms with van der Waals surface area (Å²) in [5, 5.41) is 0. The molecular formula is C13H9BrF2O3S. The molecule has 106 valence electrons. The summed E-state index contributed by atoms with van der Waals surface area (Å²) < 4.78 is 55.7. The van der Waals surface area contributed by atoms with Crippen molar-refractivity contribution in [2.24, 2.45) is 0 Å². The maximum Gasteiger partial charge on any atom is 0.339 e. The van der Waals surface area contributed by atoms with Crippen LogP contribution >= 0.6 is 15.9 Å². The first-order valence-corrected chi connectivity index (χ1v) is 7.65. The third-order valence-corrected chi connectivity index (χ3v) is 4.38. The smallest absolute Gasteiger partial charge is 0.339 e. The van der Waals surface area contributed by atoms with Gasteiger partial charge in [-0.05, 0) is 36.8 Å².